The van der Waals surface area contributed by atoms with E-state index < -0.39 is 17.8 Å². The summed E-state index contributed by atoms with van der Waals surface area (Å²) in [5, 5.41) is 5.65. The molecule has 5 nitrogen and oxygen atoms in total. The molecule has 2 N–H and O–H groups in total. The summed E-state index contributed by atoms with van der Waals surface area (Å²) in [7, 11) is 0. The number of morpholine rings is 1. The number of nitrogens with one attached hydrogen (secondary N) is 2. The summed E-state index contributed by atoms with van der Waals surface area (Å²) < 4.78 is 48.9. The SMILES string of the molecule is C[C@H]1OCCN[C@@H]1C(=O)NCCOc1ccccc1C(F)(F)F. The van der Waals surface area contributed by atoms with Gasteiger partial charge in [-0.15, -0.1) is 0 Å². The van der Waals surface area contributed by atoms with Crippen molar-refractivity contribution in [1.82, 2.24) is 10.6 Å². The standard InChI is InChI=1S/C15H19F3N2O3/c1-10-13(19-6-8-22-10)14(21)20-7-9-23-12-5-3-2-4-11(12)15(16,17)18/h2-5,10,13,19H,6-9H2,1H3,(H,20,21)/t10-,13+/m1/s1. The van der Waals surface area contributed by atoms with E-state index in [1.54, 1.807) is 6.92 Å². The number of halogens is 3. The molecule has 0 bridgehead atoms. The topological polar surface area (TPSA) is 59.6 Å². The second kappa shape index (κ2) is 7.65. The van der Waals surface area contributed by atoms with Crippen molar-refractivity contribution in [3.63, 3.8) is 0 Å². The van der Waals surface area contributed by atoms with Gasteiger partial charge in [0.2, 0.25) is 5.91 Å². The van der Waals surface area contributed by atoms with Gasteiger partial charge in [0.25, 0.3) is 0 Å². The number of para-hydroxylation sites is 1. The van der Waals surface area contributed by atoms with E-state index in [1.165, 1.54) is 18.2 Å². The van der Waals surface area contributed by atoms with Crippen LogP contribution < -0.4 is 15.4 Å². The third-order valence-electron chi connectivity index (χ3n) is 3.45. The summed E-state index contributed by atoms with van der Waals surface area (Å²) in [4.78, 5) is 12.0. The van der Waals surface area contributed by atoms with E-state index in [1.807, 2.05) is 0 Å². The predicted molar refractivity (Wildman–Crippen MR) is 77.2 cm³/mol. The number of ether oxygens (including phenoxy) is 2. The molecular formula is C15H19F3N2O3. The van der Waals surface area contributed by atoms with Crippen LogP contribution in [-0.2, 0) is 15.7 Å². The van der Waals surface area contributed by atoms with Crippen LogP contribution in [0.25, 0.3) is 0 Å². The molecule has 2 rings (SSSR count). The van der Waals surface area contributed by atoms with Crippen molar-refractivity contribution in [2.45, 2.75) is 25.2 Å². The number of hydrogen-bond acceptors (Lipinski definition) is 4. The Hall–Kier alpha value is -1.80. The minimum Gasteiger partial charge on any atom is -0.491 e. The highest BCUT2D eigenvalue weighted by molar-refractivity contribution is 5.82. The summed E-state index contributed by atoms with van der Waals surface area (Å²) in [6.45, 7) is 2.96. The first-order valence-electron chi connectivity index (χ1n) is 7.31. The summed E-state index contributed by atoms with van der Waals surface area (Å²) in [5.74, 6) is -0.508. The molecule has 1 aromatic rings. The van der Waals surface area contributed by atoms with Crippen LogP contribution in [0.3, 0.4) is 0 Å². The van der Waals surface area contributed by atoms with E-state index in [2.05, 4.69) is 10.6 Å². The Bertz CT molecular complexity index is 537. The van der Waals surface area contributed by atoms with Crippen molar-refractivity contribution >= 4 is 5.91 Å². The number of amides is 1. The highest BCUT2D eigenvalue weighted by Gasteiger charge is 2.34. The number of carbonyl (C=O) groups excluding carboxylic acids is 1. The minimum absolute atomic E-state index is 0.0548. The van der Waals surface area contributed by atoms with Gasteiger partial charge in [0, 0.05) is 6.54 Å². The summed E-state index contributed by atoms with van der Waals surface area (Å²) in [6.07, 6.45) is -4.73. The van der Waals surface area contributed by atoms with Gasteiger partial charge in [-0.25, -0.2) is 0 Å². The summed E-state index contributed by atoms with van der Waals surface area (Å²) in [5.41, 5.74) is -0.831. The van der Waals surface area contributed by atoms with Gasteiger partial charge in [-0.3, -0.25) is 4.79 Å². The van der Waals surface area contributed by atoms with E-state index in [-0.39, 0.29) is 30.9 Å². The van der Waals surface area contributed by atoms with Crippen LogP contribution in [0.15, 0.2) is 24.3 Å². The van der Waals surface area contributed by atoms with Crippen molar-refractivity contribution < 1.29 is 27.4 Å². The summed E-state index contributed by atoms with van der Waals surface area (Å²) in [6, 6.07) is 4.51. The second-order valence-electron chi connectivity index (χ2n) is 5.14. The first-order valence-corrected chi connectivity index (χ1v) is 7.31. The third-order valence-corrected chi connectivity index (χ3v) is 3.45. The lowest BCUT2D eigenvalue weighted by atomic mass is 10.1. The van der Waals surface area contributed by atoms with Gasteiger partial charge in [0.05, 0.1) is 24.8 Å². The zero-order valence-electron chi connectivity index (χ0n) is 12.7. The van der Waals surface area contributed by atoms with E-state index >= 15 is 0 Å². The normalized spacial score (nSPS) is 21.7. The maximum absolute atomic E-state index is 12.8. The molecular weight excluding hydrogens is 313 g/mol. The van der Waals surface area contributed by atoms with Crippen LogP contribution in [0.4, 0.5) is 13.2 Å². The molecule has 1 aliphatic heterocycles. The molecule has 0 spiro atoms. The number of carbonyl (C=O) groups is 1. The highest BCUT2D eigenvalue weighted by Crippen LogP contribution is 2.35. The molecule has 2 atom stereocenters. The van der Waals surface area contributed by atoms with Crippen LogP contribution >= 0.6 is 0 Å². The van der Waals surface area contributed by atoms with Crippen molar-refractivity contribution in [1.29, 1.82) is 0 Å². The quantitative estimate of drug-likeness (QED) is 0.804. The number of alkyl halides is 3. The number of benzene rings is 1. The Labute approximate surface area is 132 Å². The van der Waals surface area contributed by atoms with E-state index in [0.29, 0.717) is 13.2 Å². The molecule has 0 unspecified atom stereocenters. The van der Waals surface area contributed by atoms with Gasteiger partial charge in [0.15, 0.2) is 0 Å². The summed E-state index contributed by atoms with van der Waals surface area (Å²) >= 11 is 0. The van der Waals surface area contributed by atoms with Gasteiger partial charge in [0.1, 0.15) is 18.4 Å². The second-order valence-corrected chi connectivity index (χ2v) is 5.14. The van der Waals surface area contributed by atoms with Crippen molar-refractivity contribution in [2.75, 3.05) is 26.3 Å². The molecule has 1 fully saturated rings. The van der Waals surface area contributed by atoms with Crippen LogP contribution in [0.2, 0.25) is 0 Å². The molecule has 128 valence electrons. The smallest absolute Gasteiger partial charge is 0.419 e. The van der Waals surface area contributed by atoms with E-state index in [9.17, 15) is 18.0 Å². The van der Waals surface area contributed by atoms with Crippen molar-refractivity contribution in [2.24, 2.45) is 0 Å². The molecule has 23 heavy (non-hydrogen) atoms. The first kappa shape index (κ1) is 17.6. The van der Waals surface area contributed by atoms with Crippen molar-refractivity contribution in [3.05, 3.63) is 29.8 Å². The van der Waals surface area contributed by atoms with Crippen LogP contribution in [0, 0.1) is 0 Å². The Balaban J connectivity index is 1.81. The van der Waals surface area contributed by atoms with Crippen LogP contribution in [0.5, 0.6) is 5.75 Å². The Kier molecular flexibility index (Phi) is 5.84. The molecule has 1 aliphatic rings. The fourth-order valence-corrected chi connectivity index (χ4v) is 2.30. The van der Waals surface area contributed by atoms with E-state index in [0.717, 1.165) is 6.07 Å². The molecule has 1 amide bonds. The Morgan fingerprint density at radius 2 is 2.17 bits per heavy atom. The molecule has 1 heterocycles. The molecule has 1 saturated heterocycles. The molecule has 0 aliphatic carbocycles. The molecule has 0 saturated carbocycles. The highest BCUT2D eigenvalue weighted by atomic mass is 19.4. The average Bonchev–Trinajstić information content (AvgIpc) is 2.51. The minimum atomic E-state index is -4.47. The van der Waals surface area contributed by atoms with Gasteiger partial charge >= 0.3 is 6.18 Å². The maximum Gasteiger partial charge on any atom is 0.419 e. The molecule has 0 radical (unpaired) electrons. The first-order chi connectivity index (χ1) is 10.9. The van der Waals surface area contributed by atoms with Gasteiger partial charge in [-0.05, 0) is 19.1 Å². The predicted octanol–water partition coefficient (Wildman–Crippen LogP) is 1.58. The Morgan fingerprint density at radius 1 is 1.43 bits per heavy atom. The number of hydrogen-bond donors (Lipinski definition) is 2. The zero-order valence-corrected chi connectivity index (χ0v) is 12.7. The zero-order chi connectivity index (χ0) is 16.9. The fourth-order valence-electron chi connectivity index (χ4n) is 2.30. The van der Waals surface area contributed by atoms with E-state index in [4.69, 9.17) is 9.47 Å². The monoisotopic (exact) mass is 332 g/mol. The van der Waals surface area contributed by atoms with Crippen LogP contribution in [-0.4, -0.2) is 44.4 Å². The maximum atomic E-state index is 12.8. The fraction of sp³-hybridized carbons (Fsp3) is 0.533. The molecule has 1 aromatic carbocycles. The molecule has 8 heteroatoms. The average molecular weight is 332 g/mol. The third kappa shape index (κ3) is 4.84. The Morgan fingerprint density at radius 3 is 2.87 bits per heavy atom. The van der Waals surface area contributed by atoms with Gasteiger partial charge in [-0.1, -0.05) is 12.1 Å². The lowest BCUT2D eigenvalue weighted by Crippen LogP contribution is -2.55. The van der Waals surface area contributed by atoms with Gasteiger partial charge < -0.3 is 20.1 Å². The lowest BCUT2D eigenvalue weighted by molar-refractivity contribution is -0.139. The molecule has 0 aromatic heterocycles. The van der Waals surface area contributed by atoms with Gasteiger partial charge in [-0.2, -0.15) is 13.2 Å². The van der Waals surface area contributed by atoms with Crippen molar-refractivity contribution in [3.8, 4) is 5.75 Å². The van der Waals surface area contributed by atoms with Crippen LogP contribution in [0.1, 0.15) is 12.5 Å². The lowest BCUT2D eigenvalue weighted by Gasteiger charge is -2.29. The number of rotatable bonds is 5. The largest absolute Gasteiger partial charge is 0.491 e.